The van der Waals surface area contributed by atoms with Crippen LogP contribution in [-0.2, 0) is 0 Å². The first kappa shape index (κ1) is 13.5. The van der Waals surface area contributed by atoms with Crippen molar-refractivity contribution in [3.05, 3.63) is 49.9 Å². The van der Waals surface area contributed by atoms with Crippen molar-refractivity contribution in [1.82, 2.24) is 0 Å². The molecule has 0 radical (unpaired) electrons. The van der Waals surface area contributed by atoms with E-state index in [2.05, 4.69) is 15.9 Å². The van der Waals surface area contributed by atoms with E-state index in [1.54, 1.807) is 17.4 Å². The minimum absolute atomic E-state index is 0.308. The van der Waals surface area contributed by atoms with E-state index in [0.29, 0.717) is 10.2 Å². The molecule has 2 aromatic rings. The average molecular weight is 330 g/mol. The molecule has 0 aliphatic rings. The number of methoxy groups -OCH3 is 1. The predicted molar refractivity (Wildman–Crippen MR) is 75.7 cm³/mol. The third-order valence-corrected chi connectivity index (χ3v) is 4.50. The first-order chi connectivity index (χ1) is 8.54. The zero-order chi connectivity index (χ0) is 13.3. The third-order valence-electron chi connectivity index (χ3n) is 2.79. The summed E-state index contributed by atoms with van der Waals surface area (Å²) in [7, 11) is 1.51. The van der Waals surface area contributed by atoms with Gasteiger partial charge in [-0.1, -0.05) is 0 Å². The molecule has 2 N–H and O–H groups in total. The van der Waals surface area contributed by atoms with Gasteiger partial charge in [-0.25, -0.2) is 4.39 Å². The quantitative estimate of drug-likeness (QED) is 0.923. The second-order valence-electron chi connectivity index (χ2n) is 3.95. The van der Waals surface area contributed by atoms with Crippen LogP contribution in [0, 0.1) is 12.7 Å². The minimum Gasteiger partial charge on any atom is -0.496 e. The highest BCUT2D eigenvalue weighted by Gasteiger charge is 2.19. The smallest absolute Gasteiger partial charge is 0.141 e. The molecule has 0 amide bonds. The number of halogens is 2. The molecule has 18 heavy (non-hydrogen) atoms. The summed E-state index contributed by atoms with van der Waals surface area (Å²) in [5.74, 6) is 0.113. The second-order valence-corrected chi connectivity index (χ2v) is 5.76. The topological polar surface area (TPSA) is 35.2 Å². The molecule has 96 valence electrons. The van der Waals surface area contributed by atoms with Crippen LogP contribution < -0.4 is 10.5 Å². The fraction of sp³-hybridized carbons (Fsp3) is 0.231. The average Bonchev–Trinajstić information content (AvgIpc) is 2.77. The molecule has 5 heteroatoms. The standard InChI is InChI=1S/C13H13BrFNOS/c1-7-3-4-18-13(7)12(16)8-5-9(14)10(15)6-11(8)17-2/h3-6,12H,16H2,1-2H3. The molecule has 0 saturated heterocycles. The minimum atomic E-state index is -0.356. The summed E-state index contributed by atoms with van der Waals surface area (Å²) in [6, 6.07) is 4.74. The van der Waals surface area contributed by atoms with Crippen LogP contribution in [0.4, 0.5) is 4.39 Å². The Morgan fingerprint density at radius 1 is 1.44 bits per heavy atom. The van der Waals surface area contributed by atoms with Crippen LogP contribution in [0.1, 0.15) is 22.0 Å². The summed E-state index contributed by atoms with van der Waals surface area (Å²) >= 11 is 4.77. The van der Waals surface area contributed by atoms with Crippen LogP contribution in [0.5, 0.6) is 5.75 Å². The molecule has 2 rings (SSSR count). The molecule has 0 spiro atoms. The molecule has 0 aliphatic carbocycles. The monoisotopic (exact) mass is 329 g/mol. The fourth-order valence-corrected chi connectivity index (χ4v) is 3.12. The Labute approximate surface area is 118 Å². The predicted octanol–water partition coefficient (Wildman–Crippen LogP) is 4.01. The van der Waals surface area contributed by atoms with Crippen molar-refractivity contribution >= 4 is 27.3 Å². The molecule has 0 aliphatic heterocycles. The van der Waals surface area contributed by atoms with E-state index in [1.165, 1.54) is 13.2 Å². The highest BCUT2D eigenvalue weighted by molar-refractivity contribution is 9.10. The largest absolute Gasteiger partial charge is 0.496 e. The molecule has 1 aromatic heterocycles. The van der Waals surface area contributed by atoms with Crippen LogP contribution in [0.15, 0.2) is 28.1 Å². The summed E-state index contributed by atoms with van der Waals surface area (Å²) in [5.41, 5.74) is 8.15. The molecule has 0 fully saturated rings. The van der Waals surface area contributed by atoms with Crippen LogP contribution >= 0.6 is 27.3 Å². The first-order valence-electron chi connectivity index (χ1n) is 5.37. The molecular formula is C13H13BrFNOS. The number of ether oxygens (including phenoxy) is 1. The van der Waals surface area contributed by atoms with Crippen LogP contribution in [0.25, 0.3) is 0 Å². The van der Waals surface area contributed by atoms with Crippen molar-refractivity contribution < 1.29 is 9.13 Å². The zero-order valence-electron chi connectivity index (χ0n) is 10.0. The zero-order valence-corrected chi connectivity index (χ0v) is 12.4. The molecular weight excluding hydrogens is 317 g/mol. The van der Waals surface area contributed by atoms with E-state index in [4.69, 9.17) is 10.5 Å². The summed E-state index contributed by atoms with van der Waals surface area (Å²) < 4.78 is 19.1. The lowest BCUT2D eigenvalue weighted by Gasteiger charge is -2.16. The molecule has 1 heterocycles. The Balaban J connectivity index is 2.50. The Bertz CT molecular complexity index is 570. The van der Waals surface area contributed by atoms with Crippen molar-refractivity contribution in [3.8, 4) is 5.75 Å². The first-order valence-corrected chi connectivity index (χ1v) is 7.04. The van der Waals surface area contributed by atoms with E-state index in [1.807, 2.05) is 18.4 Å². The van der Waals surface area contributed by atoms with E-state index in [9.17, 15) is 4.39 Å². The van der Waals surface area contributed by atoms with Crippen molar-refractivity contribution in [2.24, 2.45) is 5.73 Å². The molecule has 2 nitrogen and oxygen atoms in total. The number of aryl methyl sites for hydroxylation is 1. The van der Waals surface area contributed by atoms with Gasteiger partial charge in [0.05, 0.1) is 17.6 Å². The molecule has 1 aromatic carbocycles. The molecule has 1 atom stereocenters. The maximum absolute atomic E-state index is 13.5. The van der Waals surface area contributed by atoms with Gasteiger partial charge in [0.25, 0.3) is 0 Å². The maximum Gasteiger partial charge on any atom is 0.141 e. The van der Waals surface area contributed by atoms with Crippen molar-refractivity contribution in [2.45, 2.75) is 13.0 Å². The van der Waals surface area contributed by atoms with Gasteiger partial charge in [-0.3, -0.25) is 0 Å². The van der Waals surface area contributed by atoms with Crippen molar-refractivity contribution in [2.75, 3.05) is 7.11 Å². The van der Waals surface area contributed by atoms with Gasteiger partial charge in [0.15, 0.2) is 0 Å². The Hall–Kier alpha value is -0.910. The van der Waals surface area contributed by atoms with Gasteiger partial charge in [-0.05, 0) is 45.9 Å². The lowest BCUT2D eigenvalue weighted by atomic mass is 10.0. The number of hydrogen-bond donors (Lipinski definition) is 1. The number of thiophene rings is 1. The summed E-state index contributed by atoms with van der Waals surface area (Å²) in [4.78, 5) is 1.06. The van der Waals surface area contributed by atoms with Gasteiger partial charge < -0.3 is 10.5 Å². The number of nitrogens with two attached hydrogens (primary N) is 1. The summed E-state index contributed by atoms with van der Waals surface area (Å²) in [5, 5.41) is 2.00. The van der Waals surface area contributed by atoms with E-state index in [0.717, 1.165) is 16.0 Å². The Kier molecular flexibility index (Phi) is 4.04. The van der Waals surface area contributed by atoms with E-state index < -0.39 is 0 Å². The lowest BCUT2D eigenvalue weighted by molar-refractivity contribution is 0.404. The summed E-state index contributed by atoms with van der Waals surface area (Å²) in [6.07, 6.45) is 0. The van der Waals surface area contributed by atoms with Gasteiger partial charge >= 0.3 is 0 Å². The van der Waals surface area contributed by atoms with Crippen molar-refractivity contribution in [3.63, 3.8) is 0 Å². The second kappa shape index (κ2) is 5.38. The number of benzene rings is 1. The SMILES string of the molecule is COc1cc(F)c(Br)cc1C(N)c1sccc1C. The third kappa shape index (κ3) is 2.43. The van der Waals surface area contributed by atoms with Crippen LogP contribution in [0.3, 0.4) is 0 Å². The van der Waals surface area contributed by atoms with Gasteiger partial charge in [0.1, 0.15) is 11.6 Å². The van der Waals surface area contributed by atoms with Crippen LogP contribution in [0.2, 0.25) is 0 Å². The van der Waals surface area contributed by atoms with Crippen molar-refractivity contribution in [1.29, 1.82) is 0 Å². The van der Waals surface area contributed by atoms with E-state index in [-0.39, 0.29) is 11.9 Å². The maximum atomic E-state index is 13.5. The van der Waals surface area contributed by atoms with Gasteiger partial charge in [0, 0.05) is 16.5 Å². The van der Waals surface area contributed by atoms with E-state index >= 15 is 0 Å². The Morgan fingerprint density at radius 3 is 2.72 bits per heavy atom. The van der Waals surface area contributed by atoms with Gasteiger partial charge in [0.2, 0.25) is 0 Å². The molecule has 1 unspecified atom stereocenters. The highest BCUT2D eigenvalue weighted by atomic mass is 79.9. The lowest BCUT2D eigenvalue weighted by Crippen LogP contribution is -2.13. The number of rotatable bonds is 3. The number of hydrogen-bond acceptors (Lipinski definition) is 3. The molecule has 0 bridgehead atoms. The van der Waals surface area contributed by atoms with Crippen LogP contribution in [-0.4, -0.2) is 7.11 Å². The Morgan fingerprint density at radius 2 is 2.17 bits per heavy atom. The van der Waals surface area contributed by atoms with Gasteiger partial charge in [-0.15, -0.1) is 11.3 Å². The highest BCUT2D eigenvalue weighted by Crippen LogP contribution is 2.35. The molecule has 0 saturated carbocycles. The van der Waals surface area contributed by atoms with Gasteiger partial charge in [-0.2, -0.15) is 0 Å². The fourth-order valence-electron chi connectivity index (χ4n) is 1.81. The summed E-state index contributed by atoms with van der Waals surface area (Å²) in [6.45, 7) is 2.01. The normalized spacial score (nSPS) is 12.5.